The van der Waals surface area contributed by atoms with E-state index in [0.717, 1.165) is 17.7 Å². The maximum atomic E-state index is 13.9. The number of thiocarbonyl (C=S) groups is 1. The van der Waals surface area contributed by atoms with Gasteiger partial charge in [0.05, 0.1) is 0 Å². The Labute approximate surface area is 121 Å². The summed E-state index contributed by atoms with van der Waals surface area (Å²) >= 11 is 4.70. The van der Waals surface area contributed by atoms with Gasteiger partial charge in [-0.2, -0.15) is 0 Å². The van der Waals surface area contributed by atoms with Crippen LogP contribution in [0.4, 0.5) is 8.78 Å². The molecule has 0 bridgehead atoms. The highest BCUT2D eigenvalue weighted by molar-refractivity contribution is 7.80. The van der Waals surface area contributed by atoms with Gasteiger partial charge in [-0.15, -0.1) is 0 Å². The average Bonchev–Trinajstić information content (AvgIpc) is 2.42. The molecule has 2 N–H and O–H groups in total. The predicted molar refractivity (Wildman–Crippen MR) is 78.1 cm³/mol. The molecule has 0 aliphatic heterocycles. The summed E-state index contributed by atoms with van der Waals surface area (Å²) in [5, 5.41) is 0. The van der Waals surface area contributed by atoms with E-state index in [1.54, 1.807) is 12.1 Å². The van der Waals surface area contributed by atoms with Gasteiger partial charge in [-0.3, -0.25) is 0 Å². The van der Waals surface area contributed by atoms with Crippen molar-refractivity contribution in [2.24, 2.45) is 5.73 Å². The zero-order chi connectivity index (χ0) is 14.7. The number of rotatable bonds is 4. The van der Waals surface area contributed by atoms with Crippen LogP contribution in [0.2, 0.25) is 0 Å². The molecule has 2 aromatic rings. The molecular formula is C15H13F2NOS. The normalized spacial score (nSPS) is 10.3. The van der Waals surface area contributed by atoms with E-state index in [-0.39, 0.29) is 10.6 Å². The maximum absolute atomic E-state index is 13.9. The number of halogens is 2. The highest BCUT2D eigenvalue weighted by Crippen LogP contribution is 2.30. The van der Waals surface area contributed by atoms with E-state index in [9.17, 15) is 8.78 Å². The summed E-state index contributed by atoms with van der Waals surface area (Å²) in [6.07, 6.45) is 0.699. The molecular weight excluding hydrogens is 280 g/mol. The molecule has 0 aromatic heterocycles. The van der Waals surface area contributed by atoms with Crippen LogP contribution in [0.1, 0.15) is 18.1 Å². The van der Waals surface area contributed by atoms with Crippen molar-refractivity contribution >= 4 is 17.2 Å². The van der Waals surface area contributed by atoms with Gasteiger partial charge in [0.2, 0.25) is 0 Å². The molecule has 0 atom stereocenters. The summed E-state index contributed by atoms with van der Waals surface area (Å²) in [6.45, 7) is 1.94. The second-order valence-electron chi connectivity index (χ2n) is 4.20. The zero-order valence-corrected chi connectivity index (χ0v) is 11.6. The van der Waals surface area contributed by atoms with E-state index in [1.807, 2.05) is 19.1 Å². The van der Waals surface area contributed by atoms with Crippen LogP contribution in [0.5, 0.6) is 11.5 Å². The van der Waals surface area contributed by atoms with Gasteiger partial charge in [-0.25, -0.2) is 8.78 Å². The molecule has 20 heavy (non-hydrogen) atoms. The van der Waals surface area contributed by atoms with Crippen molar-refractivity contribution in [1.82, 2.24) is 0 Å². The van der Waals surface area contributed by atoms with Crippen molar-refractivity contribution in [2.45, 2.75) is 13.3 Å². The standard InChI is InChI=1S/C15H13F2NOS/c1-2-9-5-3-4-6-13(9)19-14-11(16)7-10(15(18)20)8-12(14)17/h3-8H,2H2,1H3,(H2,18,20). The summed E-state index contributed by atoms with van der Waals surface area (Å²) < 4.78 is 33.2. The number of nitrogens with two attached hydrogens (primary N) is 1. The molecule has 0 saturated heterocycles. The van der Waals surface area contributed by atoms with Crippen LogP contribution in [0.15, 0.2) is 36.4 Å². The van der Waals surface area contributed by atoms with Crippen LogP contribution in [0, 0.1) is 11.6 Å². The number of para-hydroxylation sites is 1. The molecule has 2 aromatic carbocycles. The molecule has 2 nitrogen and oxygen atoms in total. The molecule has 0 fully saturated rings. The third-order valence-electron chi connectivity index (χ3n) is 2.85. The van der Waals surface area contributed by atoms with Crippen LogP contribution >= 0.6 is 12.2 Å². The summed E-state index contributed by atoms with van der Waals surface area (Å²) in [5.41, 5.74) is 6.35. The molecule has 0 amide bonds. The Kier molecular flexibility index (Phi) is 4.29. The molecule has 0 heterocycles. The van der Waals surface area contributed by atoms with Crippen molar-refractivity contribution in [2.75, 3.05) is 0 Å². The van der Waals surface area contributed by atoms with E-state index in [2.05, 4.69) is 0 Å². The van der Waals surface area contributed by atoms with Crippen molar-refractivity contribution in [3.63, 3.8) is 0 Å². The third kappa shape index (κ3) is 2.93. The van der Waals surface area contributed by atoms with E-state index in [0.29, 0.717) is 12.2 Å². The largest absolute Gasteiger partial charge is 0.451 e. The maximum Gasteiger partial charge on any atom is 0.198 e. The molecule has 5 heteroatoms. The minimum absolute atomic E-state index is 0.0664. The summed E-state index contributed by atoms with van der Waals surface area (Å²) in [6, 6.07) is 9.22. The van der Waals surface area contributed by atoms with Crippen LogP contribution < -0.4 is 10.5 Å². The van der Waals surface area contributed by atoms with Gasteiger partial charge >= 0.3 is 0 Å². The molecule has 0 radical (unpaired) electrons. The number of benzene rings is 2. The minimum Gasteiger partial charge on any atom is -0.451 e. The van der Waals surface area contributed by atoms with E-state index in [4.69, 9.17) is 22.7 Å². The number of hydrogen-bond acceptors (Lipinski definition) is 2. The Bertz CT molecular complexity index is 635. The van der Waals surface area contributed by atoms with Crippen LogP contribution in [-0.2, 0) is 6.42 Å². The van der Waals surface area contributed by atoms with Gasteiger partial charge in [0.1, 0.15) is 10.7 Å². The van der Waals surface area contributed by atoms with Crippen LogP contribution in [-0.4, -0.2) is 4.99 Å². The number of hydrogen-bond donors (Lipinski definition) is 1. The Morgan fingerprint density at radius 3 is 2.35 bits per heavy atom. The summed E-state index contributed by atoms with van der Waals surface area (Å²) in [5.74, 6) is -1.70. The highest BCUT2D eigenvalue weighted by Gasteiger charge is 2.15. The summed E-state index contributed by atoms with van der Waals surface area (Å²) in [7, 11) is 0. The molecule has 0 aliphatic rings. The number of ether oxygens (including phenoxy) is 1. The quantitative estimate of drug-likeness (QED) is 0.867. The lowest BCUT2D eigenvalue weighted by molar-refractivity contribution is 0.404. The van der Waals surface area contributed by atoms with Crippen LogP contribution in [0.25, 0.3) is 0 Å². The molecule has 104 valence electrons. The molecule has 2 rings (SSSR count). The van der Waals surface area contributed by atoms with E-state index in [1.165, 1.54) is 0 Å². The Hall–Kier alpha value is -2.01. The Balaban J connectivity index is 2.41. The predicted octanol–water partition coefficient (Wildman–Crippen LogP) is 3.95. The first-order valence-electron chi connectivity index (χ1n) is 6.07. The monoisotopic (exact) mass is 293 g/mol. The Morgan fingerprint density at radius 1 is 1.20 bits per heavy atom. The summed E-state index contributed by atoms with van der Waals surface area (Å²) in [4.78, 5) is -0.0664. The first-order valence-corrected chi connectivity index (χ1v) is 6.48. The van der Waals surface area contributed by atoms with Crippen molar-refractivity contribution in [3.05, 3.63) is 59.2 Å². The van der Waals surface area contributed by atoms with Crippen LogP contribution in [0.3, 0.4) is 0 Å². The van der Waals surface area contributed by atoms with Gasteiger partial charge < -0.3 is 10.5 Å². The lowest BCUT2D eigenvalue weighted by atomic mass is 10.1. The lowest BCUT2D eigenvalue weighted by Crippen LogP contribution is -2.10. The Morgan fingerprint density at radius 2 is 1.80 bits per heavy atom. The molecule has 0 unspecified atom stereocenters. The molecule has 0 saturated carbocycles. The smallest absolute Gasteiger partial charge is 0.198 e. The lowest BCUT2D eigenvalue weighted by Gasteiger charge is -2.12. The highest BCUT2D eigenvalue weighted by atomic mass is 32.1. The average molecular weight is 293 g/mol. The second-order valence-corrected chi connectivity index (χ2v) is 4.64. The second kappa shape index (κ2) is 5.96. The van der Waals surface area contributed by atoms with E-state index >= 15 is 0 Å². The number of aryl methyl sites for hydroxylation is 1. The molecule has 0 spiro atoms. The molecule has 0 aliphatic carbocycles. The fourth-order valence-electron chi connectivity index (χ4n) is 1.81. The van der Waals surface area contributed by atoms with Crippen molar-refractivity contribution in [3.8, 4) is 11.5 Å². The fourth-order valence-corrected chi connectivity index (χ4v) is 1.92. The fraction of sp³-hybridized carbons (Fsp3) is 0.133. The zero-order valence-electron chi connectivity index (χ0n) is 10.8. The van der Waals surface area contributed by atoms with Crippen molar-refractivity contribution in [1.29, 1.82) is 0 Å². The van der Waals surface area contributed by atoms with Gasteiger partial charge in [0.25, 0.3) is 0 Å². The third-order valence-corrected chi connectivity index (χ3v) is 3.08. The minimum atomic E-state index is -0.835. The van der Waals surface area contributed by atoms with Gasteiger partial charge in [-0.05, 0) is 30.2 Å². The van der Waals surface area contributed by atoms with Gasteiger partial charge in [-0.1, -0.05) is 37.3 Å². The van der Waals surface area contributed by atoms with Gasteiger partial charge in [0.15, 0.2) is 17.4 Å². The van der Waals surface area contributed by atoms with Crippen molar-refractivity contribution < 1.29 is 13.5 Å². The van der Waals surface area contributed by atoms with Gasteiger partial charge in [0, 0.05) is 5.56 Å². The topological polar surface area (TPSA) is 35.2 Å². The van der Waals surface area contributed by atoms with E-state index < -0.39 is 17.4 Å². The SMILES string of the molecule is CCc1ccccc1Oc1c(F)cc(C(N)=S)cc1F. The first-order chi connectivity index (χ1) is 9.52. The first kappa shape index (κ1) is 14.4.